The Morgan fingerprint density at radius 2 is 1.67 bits per heavy atom. The van der Waals surface area contributed by atoms with E-state index in [-0.39, 0.29) is 17.0 Å². The largest absolute Gasteiger partial charge is 0.366 e. The van der Waals surface area contributed by atoms with Gasteiger partial charge in [0.1, 0.15) is 0 Å². The molecule has 0 aromatic rings. The van der Waals surface area contributed by atoms with Crippen molar-refractivity contribution in [2.45, 2.75) is 82.7 Å². The molecule has 4 fully saturated rings. The van der Waals surface area contributed by atoms with E-state index in [9.17, 15) is 4.79 Å². The van der Waals surface area contributed by atoms with Gasteiger partial charge in [-0.15, -0.1) is 12.8 Å². The predicted octanol–water partition coefficient (Wildman–Crippen LogP) is 3.91. The highest BCUT2D eigenvalue weighted by Crippen LogP contribution is 2.53. The van der Waals surface area contributed by atoms with Crippen molar-refractivity contribution in [3.8, 4) is 12.8 Å². The summed E-state index contributed by atoms with van der Waals surface area (Å²) in [6.45, 7) is 10.9. The smallest absolute Gasteiger partial charge is 0.158 e. The average molecular weight is 330 g/mol. The van der Waals surface area contributed by atoms with Gasteiger partial charge in [-0.05, 0) is 69.3 Å². The van der Waals surface area contributed by atoms with Crippen LogP contribution >= 0.6 is 0 Å². The summed E-state index contributed by atoms with van der Waals surface area (Å²) in [6.07, 6.45) is 14.7. The van der Waals surface area contributed by atoms with Crippen LogP contribution in [0.5, 0.6) is 0 Å². The number of hydrogen-bond acceptors (Lipinski definition) is 3. The lowest BCUT2D eigenvalue weighted by molar-refractivity contribution is -0.119. The van der Waals surface area contributed by atoms with E-state index in [1.54, 1.807) is 0 Å². The number of Topliss-reactive ketones (excluding diaryl/α,β-unsaturated/α-hetero) is 1. The normalized spacial score (nSPS) is 50.1. The second kappa shape index (κ2) is 6.00. The number of allylic oxidation sites excluding steroid dienone is 1. The molecule has 4 rings (SSSR count). The van der Waals surface area contributed by atoms with Crippen molar-refractivity contribution in [2.24, 2.45) is 17.8 Å². The van der Waals surface area contributed by atoms with E-state index >= 15 is 0 Å². The number of carbonyl (C=O) groups is 1. The first-order valence-electron chi connectivity index (χ1n) is 9.23. The third-order valence-corrected chi connectivity index (χ3v) is 7.07. The molecule has 2 aliphatic heterocycles. The van der Waals surface area contributed by atoms with Crippen LogP contribution in [0.25, 0.3) is 0 Å². The van der Waals surface area contributed by atoms with Crippen molar-refractivity contribution in [1.29, 1.82) is 0 Å². The van der Waals surface area contributed by atoms with Crippen LogP contribution in [0.4, 0.5) is 0 Å². The molecule has 24 heavy (non-hydrogen) atoms. The molecular formula is C21H30O3. The molecule has 2 bridgehead atoms. The van der Waals surface area contributed by atoms with Crippen LogP contribution in [0.15, 0.2) is 12.2 Å². The Labute approximate surface area is 146 Å². The molecule has 132 valence electrons. The van der Waals surface area contributed by atoms with Crippen molar-refractivity contribution in [3.63, 3.8) is 0 Å². The molecule has 2 saturated heterocycles. The molecule has 0 N–H and O–H groups in total. The fourth-order valence-corrected chi connectivity index (χ4v) is 4.96. The van der Waals surface area contributed by atoms with Crippen LogP contribution < -0.4 is 0 Å². The van der Waals surface area contributed by atoms with E-state index in [1.807, 2.05) is 0 Å². The maximum Gasteiger partial charge on any atom is 0.158 e. The van der Waals surface area contributed by atoms with Crippen LogP contribution in [0.3, 0.4) is 0 Å². The molecule has 0 spiro atoms. The van der Waals surface area contributed by atoms with Crippen molar-refractivity contribution in [1.82, 2.24) is 0 Å². The fourth-order valence-electron chi connectivity index (χ4n) is 4.96. The molecular weight excluding hydrogens is 300 g/mol. The zero-order chi connectivity index (χ0) is 17.7. The molecule has 2 heterocycles. The molecule has 7 atom stereocenters. The van der Waals surface area contributed by atoms with Gasteiger partial charge in [-0.1, -0.05) is 13.5 Å². The monoisotopic (exact) mass is 330 g/mol. The molecule has 4 aliphatic rings. The molecule has 0 radical (unpaired) electrons. The van der Waals surface area contributed by atoms with E-state index < -0.39 is 0 Å². The molecule has 2 aliphatic carbocycles. The molecule has 0 aromatic carbocycles. The number of ether oxygens (including phenoxy) is 2. The van der Waals surface area contributed by atoms with Crippen LogP contribution in [-0.4, -0.2) is 29.2 Å². The number of rotatable bonds is 0. The summed E-state index contributed by atoms with van der Waals surface area (Å²) in [5.41, 5.74) is 0.912. The van der Waals surface area contributed by atoms with Gasteiger partial charge in [0, 0.05) is 6.42 Å². The first kappa shape index (κ1) is 17.7. The summed E-state index contributed by atoms with van der Waals surface area (Å²) in [7, 11) is 0. The highest BCUT2D eigenvalue weighted by Gasteiger charge is 2.58. The predicted molar refractivity (Wildman–Crippen MR) is 94.4 cm³/mol. The summed E-state index contributed by atoms with van der Waals surface area (Å²) < 4.78 is 12.0. The Kier molecular flexibility index (Phi) is 4.43. The minimum absolute atomic E-state index is 0.0237. The van der Waals surface area contributed by atoms with E-state index in [4.69, 9.17) is 9.47 Å². The van der Waals surface area contributed by atoms with E-state index in [0.29, 0.717) is 36.4 Å². The number of carbonyl (C=O) groups excluding carboxylic acids is 1. The highest BCUT2D eigenvalue weighted by atomic mass is 16.6. The van der Waals surface area contributed by atoms with E-state index in [2.05, 4.69) is 40.2 Å². The third-order valence-electron chi connectivity index (χ3n) is 7.07. The third kappa shape index (κ3) is 2.95. The number of fused-ring (bicyclic) bond motifs is 4. The van der Waals surface area contributed by atoms with E-state index in [0.717, 1.165) is 37.7 Å². The van der Waals surface area contributed by atoms with Gasteiger partial charge in [0.25, 0.3) is 0 Å². The molecule has 7 unspecified atom stereocenters. The van der Waals surface area contributed by atoms with Gasteiger partial charge in [-0.3, -0.25) is 4.79 Å². The van der Waals surface area contributed by atoms with Crippen molar-refractivity contribution < 1.29 is 14.3 Å². The Hall–Kier alpha value is -1.11. The van der Waals surface area contributed by atoms with Gasteiger partial charge >= 0.3 is 0 Å². The second-order valence-electron chi connectivity index (χ2n) is 8.53. The van der Waals surface area contributed by atoms with Gasteiger partial charge in [0.2, 0.25) is 0 Å². The fraction of sp³-hybridized carbons (Fsp3) is 0.762. The average Bonchev–Trinajstić information content (AvgIpc) is 3.41. The SMILES string of the molecule is C#C.C=C1C(=O)CC2CC3OC3(C)CCC3OC3(C)CCC1C2C. The topological polar surface area (TPSA) is 42.1 Å². The van der Waals surface area contributed by atoms with E-state index in [1.165, 1.54) is 0 Å². The Morgan fingerprint density at radius 3 is 2.38 bits per heavy atom. The minimum atomic E-state index is 0.0237. The number of epoxide rings is 2. The van der Waals surface area contributed by atoms with Crippen molar-refractivity contribution in [2.75, 3.05) is 0 Å². The highest BCUT2D eigenvalue weighted by molar-refractivity contribution is 5.96. The van der Waals surface area contributed by atoms with Crippen molar-refractivity contribution >= 4 is 5.78 Å². The van der Waals surface area contributed by atoms with Gasteiger partial charge in [-0.2, -0.15) is 0 Å². The maximum atomic E-state index is 12.4. The summed E-state index contributed by atoms with van der Waals surface area (Å²) in [4.78, 5) is 12.4. The van der Waals surface area contributed by atoms with Crippen molar-refractivity contribution in [3.05, 3.63) is 12.2 Å². The number of terminal acetylenes is 1. The summed E-state index contributed by atoms with van der Waals surface area (Å²) in [5, 5.41) is 0. The first-order chi connectivity index (χ1) is 11.3. The van der Waals surface area contributed by atoms with Gasteiger partial charge < -0.3 is 9.47 Å². The molecule has 0 aromatic heterocycles. The standard InChI is InChI=1S/C19H28O3.C2H2/c1-11-13-9-15(20)12(2)14(11)5-7-18(3)16(21-18)6-8-19(4)17(10-13)22-19;1-2/h11,13-14,16-17H,2,5-10H2,1,3-4H3;1-2H. The second-order valence-corrected chi connectivity index (χ2v) is 8.53. The summed E-state index contributed by atoms with van der Waals surface area (Å²) in [6, 6.07) is 0. The summed E-state index contributed by atoms with van der Waals surface area (Å²) in [5.74, 6) is 1.60. The molecule has 3 nitrogen and oxygen atoms in total. The summed E-state index contributed by atoms with van der Waals surface area (Å²) >= 11 is 0. The Bertz CT molecular complexity index is 565. The first-order valence-corrected chi connectivity index (χ1v) is 9.23. The van der Waals surface area contributed by atoms with Crippen LogP contribution in [0.1, 0.15) is 59.3 Å². The van der Waals surface area contributed by atoms with Gasteiger partial charge in [-0.25, -0.2) is 0 Å². The van der Waals surface area contributed by atoms with Gasteiger partial charge in [0.15, 0.2) is 5.78 Å². The molecule has 0 amide bonds. The molecule has 3 heteroatoms. The number of hydrogen-bond donors (Lipinski definition) is 0. The quantitative estimate of drug-likeness (QED) is 0.384. The maximum absolute atomic E-state index is 12.4. The van der Waals surface area contributed by atoms with Gasteiger partial charge in [0.05, 0.1) is 23.4 Å². The lowest BCUT2D eigenvalue weighted by Crippen LogP contribution is -2.35. The Balaban J connectivity index is 0.000000815. The molecule has 2 saturated carbocycles. The lowest BCUT2D eigenvalue weighted by Gasteiger charge is -2.37. The lowest BCUT2D eigenvalue weighted by atomic mass is 9.66. The zero-order valence-electron chi connectivity index (χ0n) is 15.2. The zero-order valence-corrected chi connectivity index (χ0v) is 15.2. The van der Waals surface area contributed by atoms with Crippen LogP contribution in [0.2, 0.25) is 0 Å². The minimum Gasteiger partial charge on any atom is -0.366 e. The Morgan fingerprint density at radius 1 is 1.08 bits per heavy atom. The van der Waals surface area contributed by atoms with Crippen LogP contribution in [-0.2, 0) is 14.3 Å². The van der Waals surface area contributed by atoms with Crippen LogP contribution in [0, 0.1) is 30.6 Å². The number of ketones is 1.